The summed E-state index contributed by atoms with van der Waals surface area (Å²) in [5.74, 6) is 0. The Morgan fingerprint density at radius 2 is 0.489 bits per heavy atom. The van der Waals surface area contributed by atoms with Crippen molar-refractivity contribution in [1.29, 1.82) is 0 Å². The minimum atomic E-state index is 1.11. The lowest BCUT2D eigenvalue weighted by atomic mass is 10.0. The van der Waals surface area contributed by atoms with Crippen molar-refractivity contribution in [2.45, 2.75) is 178 Å². The smallest absolute Gasteiger partial charge is 0.0288 e. The number of hydrogen-bond acceptors (Lipinski definition) is 0. The number of rotatable bonds is 25. The molecule has 0 saturated heterocycles. The first kappa shape index (κ1) is 42.7. The molecule has 0 aliphatic rings. The van der Waals surface area contributed by atoms with Crippen LogP contribution >= 0.6 is 0 Å². The zero-order valence-electron chi connectivity index (χ0n) is 31.8. The molecule has 0 nitrogen and oxygen atoms in total. The molecule has 0 amide bonds. The lowest BCUT2D eigenvalue weighted by Crippen LogP contribution is -1.84. The Labute approximate surface area is 283 Å². The molecule has 0 unspecified atom stereocenters. The third-order valence-electron chi connectivity index (χ3n) is 8.84. The summed E-state index contributed by atoms with van der Waals surface area (Å²) in [6.45, 7) is 26.6. The predicted molar refractivity (Wildman–Crippen MR) is 209 cm³/mol. The van der Waals surface area contributed by atoms with E-state index in [0.717, 1.165) is 38.5 Å². The van der Waals surface area contributed by atoms with E-state index in [9.17, 15) is 0 Å². The molecule has 0 aromatic heterocycles. The Hall–Kier alpha value is -2.34. The van der Waals surface area contributed by atoms with Crippen LogP contribution < -0.4 is 0 Å². The van der Waals surface area contributed by atoms with Gasteiger partial charge in [0.25, 0.3) is 0 Å². The highest BCUT2D eigenvalue weighted by Gasteiger charge is 1.97. The summed E-state index contributed by atoms with van der Waals surface area (Å²) >= 11 is 0. The van der Waals surface area contributed by atoms with E-state index in [1.165, 1.54) is 121 Å². The molecule has 0 heterocycles. The fraction of sp³-hybridized carbons (Fsp3) is 0.600. The van der Waals surface area contributed by atoms with Gasteiger partial charge in [0.05, 0.1) is 0 Å². The van der Waals surface area contributed by atoms with Crippen LogP contribution in [0.3, 0.4) is 0 Å². The Kier molecular flexibility index (Phi) is 26.5. The van der Waals surface area contributed by atoms with E-state index in [1.54, 1.807) is 0 Å². The van der Waals surface area contributed by atoms with Crippen molar-refractivity contribution in [2.24, 2.45) is 0 Å². The topological polar surface area (TPSA) is 0 Å². The highest BCUT2D eigenvalue weighted by Crippen LogP contribution is 2.17. The molecule has 45 heavy (non-hydrogen) atoms. The van der Waals surface area contributed by atoms with Crippen LogP contribution in [0, 0.1) is 0 Å². The maximum Gasteiger partial charge on any atom is -0.0288 e. The molecule has 0 heteroatoms. The van der Waals surface area contributed by atoms with Crippen molar-refractivity contribution in [3.8, 4) is 0 Å². The molecule has 0 bridgehead atoms. The molecule has 0 aromatic carbocycles. The van der Waals surface area contributed by atoms with Gasteiger partial charge < -0.3 is 0 Å². The summed E-state index contributed by atoms with van der Waals surface area (Å²) in [5, 5.41) is 0. The quantitative estimate of drug-likeness (QED) is 0.0897. The van der Waals surface area contributed by atoms with Crippen LogP contribution in [0.25, 0.3) is 0 Å². The average molecular weight is 615 g/mol. The van der Waals surface area contributed by atoms with E-state index >= 15 is 0 Å². The number of hydrogen-bond donors (Lipinski definition) is 0. The Morgan fingerprint density at radius 3 is 0.667 bits per heavy atom. The van der Waals surface area contributed by atoms with Gasteiger partial charge in [0.2, 0.25) is 0 Å². The molecular weight excluding hydrogens is 540 g/mol. The van der Waals surface area contributed by atoms with Crippen molar-refractivity contribution < 1.29 is 0 Å². The average Bonchev–Trinajstić information content (AvgIpc) is 2.96. The first-order valence-corrected chi connectivity index (χ1v) is 18.3. The van der Waals surface area contributed by atoms with Crippen LogP contribution in [0.5, 0.6) is 0 Å². The van der Waals surface area contributed by atoms with E-state index in [0.29, 0.717) is 0 Å². The van der Waals surface area contributed by atoms with Crippen LogP contribution in [0.2, 0.25) is 0 Å². The zero-order valence-corrected chi connectivity index (χ0v) is 31.8. The second-order valence-electron chi connectivity index (χ2n) is 14.0. The Bertz CT molecular complexity index is 1070. The summed E-state index contributed by atoms with van der Waals surface area (Å²) in [5.41, 5.74) is 13.5. The molecule has 0 atom stereocenters. The highest BCUT2D eigenvalue weighted by atomic mass is 14.0. The van der Waals surface area contributed by atoms with E-state index in [1.807, 2.05) is 0 Å². The second kappa shape index (κ2) is 27.9. The van der Waals surface area contributed by atoms with Gasteiger partial charge in [-0.25, -0.2) is 0 Å². The summed E-state index contributed by atoms with van der Waals surface area (Å²) in [6.07, 6.45) is 39.4. The molecule has 0 aliphatic carbocycles. The lowest BCUT2D eigenvalue weighted by Gasteiger charge is -2.04. The van der Waals surface area contributed by atoms with Crippen LogP contribution in [-0.2, 0) is 0 Å². The van der Waals surface area contributed by atoms with E-state index < -0.39 is 0 Å². The third kappa shape index (κ3) is 28.8. The molecular formula is C45H74. The molecule has 0 radical (unpaired) electrons. The van der Waals surface area contributed by atoms with Gasteiger partial charge in [-0.2, -0.15) is 0 Å². The third-order valence-corrected chi connectivity index (χ3v) is 8.84. The fourth-order valence-electron chi connectivity index (χ4n) is 5.25. The molecule has 0 N–H and O–H groups in total. The van der Waals surface area contributed by atoms with Gasteiger partial charge in [-0.15, -0.1) is 6.58 Å². The largest absolute Gasteiger partial charge is 0.100 e. The van der Waals surface area contributed by atoms with Crippen LogP contribution in [0.4, 0.5) is 0 Å². The van der Waals surface area contributed by atoms with Gasteiger partial charge >= 0.3 is 0 Å². The van der Waals surface area contributed by atoms with Crippen LogP contribution in [-0.4, -0.2) is 0 Å². The van der Waals surface area contributed by atoms with Gasteiger partial charge in [0.15, 0.2) is 0 Å². The van der Waals surface area contributed by atoms with Crippen molar-refractivity contribution in [3.63, 3.8) is 0 Å². The SMILES string of the molecule is C=C(C)CC/C=C(\C)CC/C=C(\C)CC/C=C(\C)CC/C=C(\C)CC/C=C(\C)CC/C=C(\C)CC/C=C(\C)CC/C=C(\C)CC. The normalized spacial score (nSPS) is 14.9. The zero-order chi connectivity index (χ0) is 33.9. The van der Waals surface area contributed by atoms with Crippen molar-refractivity contribution >= 4 is 0 Å². The highest BCUT2D eigenvalue weighted by molar-refractivity contribution is 5.10. The van der Waals surface area contributed by atoms with Crippen molar-refractivity contribution in [3.05, 3.63) is 105 Å². The maximum absolute atomic E-state index is 3.99. The van der Waals surface area contributed by atoms with Crippen LogP contribution in [0.1, 0.15) is 178 Å². The molecule has 0 aliphatic heterocycles. The van der Waals surface area contributed by atoms with Gasteiger partial charge in [-0.1, -0.05) is 106 Å². The van der Waals surface area contributed by atoms with Gasteiger partial charge in [-0.05, 0) is 171 Å². The predicted octanol–water partition coefficient (Wildman–Crippen LogP) is 15.8. The summed E-state index contributed by atoms with van der Waals surface area (Å²) < 4.78 is 0. The Balaban J connectivity index is 4.20. The van der Waals surface area contributed by atoms with Gasteiger partial charge in [0.1, 0.15) is 0 Å². The standard InChI is InChI=1S/C45H74/c1-12-38(4)22-14-24-40(6)26-16-28-42(8)30-18-32-44(10)34-20-36-45(11)35-19-33-43(9)31-17-29-41(7)27-15-25-39(5)23-13-21-37(2)3/h22-23,26-27,30-31,34-35H,2,12-21,24-25,28-29,32-33,36H2,1,3-11H3/b38-22+,39-23+,40-26+,41-27+,42-30+,43-31+,44-34+,45-35+. The number of allylic oxidation sites excluding steroid dienone is 17. The lowest BCUT2D eigenvalue weighted by molar-refractivity contribution is 0.880. The molecule has 254 valence electrons. The minimum Gasteiger partial charge on any atom is -0.100 e. The summed E-state index contributed by atoms with van der Waals surface area (Å²) in [4.78, 5) is 0. The van der Waals surface area contributed by atoms with Gasteiger partial charge in [0, 0.05) is 0 Å². The summed E-state index contributed by atoms with van der Waals surface area (Å²) in [7, 11) is 0. The minimum absolute atomic E-state index is 1.11. The second-order valence-corrected chi connectivity index (χ2v) is 14.0. The fourth-order valence-corrected chi connectivity index (χ4v) is 5.25. The van der Waals surface area contributed by atoms with E-state index in [4.69, 9.17) is 0 Å². The van der Waals surface area contributed by atoms with Gasteiger partial charge in [-0.3, -0.25) is 0 Å². The van der Waals surface area contributed by atoms with Crippen molar-refractivity contribution in [1.82, 2.24) is 0 Å². The first-order chi connectivity index (χ1) is 21.4. The molecule has 0 fully saturated rings. The summed E-state index contributed by atoms with van der Waals surface area (Å²) in [6, 6.07) is 0. The molecule has 0 aromatic rings. The molecule has 0 saturated carbocycles. The molecule has 0 spiro atoms. The Morgan fingerprint density at radius 1 is 0.311 bits per heavy atom. The molecule has 0 rings (SSSR count). The van der Waals surface area contributed by atoms with Crippen molar-refractivity contribution in [2.75, 3.05) is 0 Å². The van der Waals surface area contributed by atoms with Crippen LogP contribution in [0.15, 0.2) is 105 Å². The first-order valence-electron chi connectivity index (χ1n) is 18.3. The van der Waals surface area contributed by atoms with E-state index in [2.05, 4.69) is 124 Å². The monoisotopic (exact) mass is 615 g/mol. The maximum atomic E-state index is 3.99. The van der Waals surface area contributed by atoms with E-state index in [-0.39, 0.29) is 0 Å².